The molecule has 2 N–H and O–H groups in total. The normalized spacial score (nSPS) is 16.8. The van der Waals surface area contributed by atoms with Crippen molar-refractivity contribution in [3.63, 3.8) is 0 Å². The standard InChI is InChI=1S/C12H14N2O2/c1-8(12(13)16)14-7-6-11(15)9-4-2-3-5-10(9)14/h2-5,8H,6-7H2,1H3,(H2,13,16). The quantitative estimate of drug-likeness (QED) is 0.804. The molecule has 0 saturated heterocycles. The van der Waals surface area contributed by atoms with E-state index in [9.17, 15) is 9.59 Å². The average Bonchev–Trinajstić information content (AvgIpc) is 2.29. The Balaban J connectivity index is 2.42. The first-order valence-electron chi connectivity index (χ1n) is 5.29. The molecule has 4 nitrogen and oxygen atoms in total. The van der Waals surface area contributed by atoms with E-state index in [0.717, 1.165) is 5.69 Å². The monoisotopic (exact) mass is 218 g/mol. The number of fused-ring (bicyclic) bond motifs is 1. The first-order chi connectivity index (χ1) is 7.61. The number of Topliss-reactive ketones (excluding diaryl/α,β-unsaturated/α-hetero) is 1. The first kappa shape index (κ1) is 10.7. The van der Waals surface area contributed by atoms with Crippen molar-refractivity contribution < 1.29 is 9.59 Å². The molecule has 1 heterocycles. The third-order valence-electron chi connectivity index (χ3n) is 2.97. The van der Waals surface area contributed by atoms with Gasteiger partial charge in [-0.1, -0.05) is 12.1 Å². The molecule has 1 atom stereocenters. The highest BCUT2D eigenvalue weighted by Crippen LogP contribution is 2.28. The van der Waals surface area contributed by atoms with Gasteiger partial charge in [0.05, 0.1) is 0 Å². The van der Waals surface area contributed by atoms with E-state index in [0.29, 0.717) is 18.5 Å². The number of nitrogens with zero attached hydrogens (tertiary/aromatic N) is 1. The van der Waals surface area contributed by atoms with Crippen LogP contribution in [0.5, 0.6) is 0 Å². The lowest BCUT2D eigenvalue weighted by atomic mass is 9.99. The van der Waals surface area contributed by atoms with Gasteiger partial charge >= 0.3 is 0 Å². The smallest absolute Gasteiger partial charge is 0.239 e. The fourth-order valence-electron chi connectivity index (χ4n) is 1.99. The number of anilines is 1. The minimum absolute atomic E-state index is 0.128. The van der Waals surface area contributed by atoms with Gasteiger partial charge in [0.25, 0.3) is 0 Å². The lowest BCUT2D eigenvalue weighted by Gasteiger charge is -2.33. The zero-order valence-electron chi connectivity index (χ0n) is 9.14. The molecule has 16 heavy (non-hydrogen) atoms. The number of rotatable bonds is 2. The zero-order chi connectivity index (χ0) is 11.7. The van der Waals surface area contributed by atoms with Gasteiger partial charge in [-0.2, -0.15) is 0 Å². The Morgan fingerprint density at radius 3 is 2.81 bits per heavy atom. The summed E-state index contributed by atoms with van der Waals surface area (Å²) in [5.74, 6) is -0.243. The van der Waals surface area contributed by atoms with Crippen molar-refractivity contribution in [3.8, 4) is 0 Å². The molecule has 0 bridgehead atoms. The number of hydrogen-bond donors (Lipinski definition) is 1. The number of hydrogen-bond acceptors (Lipinski definition) is 3. The van der Waals surface area contributed by atoms with Gasteiger partial charge in [0.2, 0.25) is 5.91 Å². The van der Waals surface area contributed by atoms with Crippen LogP contribution in [0.1, 0.15) is 23.7 Å². The van der Waals surface area contributed by atoms with Crippen molar-refractivity contribution in [2.45, 2.75) is 19.4 Å². The molecule has 0 saturated carbocycles. The minimum atomic E-state index is -0.380. The maximum Gasteiger partial charge on any atom is 0.239 e. The predicted octanol–water partition coefficient (Wildman–Crippen LogP) is 0.953. The van der Waals surface area contributed by atoms with Crippen molar-refractivity contribution >= 4 is 17.4 Å². The second-order valence-corrected chi connectivity index (χ2v) is 3.96. The highest BCUT2D eigenvalue weighted by Gasteiger charge is 2.27. The summed E-state index contributed by atoms with van der Waals surface area (Å²) in [7, 11) is 0. The molecule has 0 aromatic heterocycles. The van der Waals surface area contributed by atoms with Crippen LogP contribution >= 0.6 is 0 Å². The number of ketones is 1. The van der Waals surface area contributed by atoms with Gasteiger partial charge < -0.3 is 10.6 Å². The van der Waals surface area contributed by atoms with Crippen molar-refractivity contribution in [2.24, 2.45) is 5.73 Å². The van der Waals surface area contributed by atoms with E-state index >= 15 is 0 Å². The fraction of sp³-hybridized carbons (Fsp3) is 0.333. The fourth-order valence-corrected chi connectivity index (χ4v) is 1.99. The molecule has 1 aromatic rings. The van der Waals surface area contributed by atoms with Crippen LogP contribution in [0.2, 0.25) is 0 Å². The first-order valence-corrected chi connectivity index (χ1v) is 5.29. The topological polar surface area (TPSA) is 63.4 Å². The van der Waals surface area contributed by atoms with Crippen molar-refractivity contribution in [2.75, 3.05) is 11.4 Å². The number of benzene rings is 1. The molecule has 84 valence electrons. The molecule has 0 spiro atoms. The summed E-state index contributed by atoms with van der Waals surface area (Å²) in [5.41, 5.74) is 6.79. The highest BCUT2D eigenvalue weighted by molar-refractivity contribution is 6.04. The summed E-state index contributed by atoms with van der Waals surface area (Å²) < 4.78 is 0. The van der Waals surface area contributed by atoms with Crippen molar-refractivity contribution in [1.82, 2.24) is 0 Å². The van der Waals surface area contributed by atoms with E-state index in [-0.39, 0.29) is 17.7 Å². The Bertz CT molecular complexity index is 442. The van der Waals surface area contributed by atoms with Crippen LogP contribution in [0.25, 0.3) is 0 Å². The largest absolute Gasteiger partial charge is 0.368 e. The Morgan fingerprint density at radius 2 is 2.12 bits per heavy atom. The Hall–Kier alpha value is -1.84. The van der Waals surface area contributed by atoms with Crippen molar-refractivity contribution in [1.29, 1.82) is 0 Å². The zero-order valence-corrected chi connectivity index (χ0v) is 9.14. The van der Waals surface area contributed by atoms with Gasteiger partial charge in [-0.05, 0) is 19.1 Å². The second kappa shape index (κ2) is 3.96. The van der Waals surface area contributed by atoms with E-state index in [2.05, 4.69) is 0 Å². The molecule has 1 amide bonds. The lowest BCUT2D eigenvalue weighted by Crippen LogP contribution is -2.46. The molecular weight excluding hydrogens is 204 g/mol. The van der Waals surface area contributed by atoms with E-state index < -0.39 is 0 Å². The molecular formula is C12H14N2O2. The van der Waals surface area contributed by atoms with Gasteiger partial charge in [0.1, 0.15) is 6.04 Å². The molecule has 0 radical (unpaired) electrons. The molecule has 4 heteroatoms. The summed E-state index contributed by atoms with van der Waals surface area (Å²) >= 11 is 0. The van der Waals surface area contributed by atoms with E-state index in [4.69, 9.17) is 5.73 Å². The second-order valence-electron chi connectivity index (χ2n) is 3.96. The van der Waals surface area contributed by atoms with Crippen LogP contribution in [0, 0.1) is 0 Å². The van der Waals surface area contributed by atoms with Gasteiger partial charge in [-0.25, -0.2) is 0 Å². The number of amides is 1. The Labute approximate surface area is 94.0 Å². The number of nitrogens with two attached hydrogens (primary N) is 1. The molecule has 1 aromatic carbocycles. The van der Waals surface area contributed by atoms with E-state index in [1.54, 1.807) is 13.0 Å². The van der Waals surface area contributed by atoms with Crippen molar-refractivity contribution in [3.05, 3.63) is 29.8 Å². The Kier molecular flexibility index (Phi) is 2.64. The molecule has 0 fully saturated rings. The van der Waals surface area contributed by atoms with Gasteiger partial charge in [-0.15, -0.1) is 0 Å². The third kappa shape index (κ3) is 1.66. The lowest BCUT2D eigenvalue weighted by molar-refractivity contribution is -0.119. The highest BCUT2D eigenvalue weighted by atomic mass is 16.1. The molecule has 2 rings (SSSR count). The van der Waals surface area contributed by atoms with Gasteiger partial charge in [0.15, 0.2) is 5.78 Å². The van der Waals surface area contributed by atoms with Crippen LogP contribution in [0.4, 0.5) is 5.69 Å². The minimum Gasteiger partial charge on any atom is -0.368 e. The van der Waals surface area contributed by atoms with Crippen LogP contribution in [-0.4, -0.2) is 24.3 Å². The molecule has 1 aliphatic rings. The van der Waals surface area contributed by atoms with Crippen LogP contribution in [-0.2, 0) is 4.79 Å². The third-order valence-corrected chi connectivity index (χ3v) is 2.97. The maximum absolute atomic E-state index is 11.7. The molecule has 1 aliphatic heterocycles. The number of para-hydroxylation sites is 1. The summed E-state index contributed by atoms with van der Waals surface area (Å²) in [6, 6.07) is 6.95. The molecule has 0 aliphatic carbocycles. The number of carbonyl (C=O) groups excluding carboxylic acids is 2. The van der Waals surface area contributed by atoms with Crippen LogP contribution < -0.4 is 10.6 Å². The van der Waals surface area contributed by atoms with E-state index in [1.165, 1.54) is 0 Å². The van der Waals surface area contributed by atoms with E-state index in [1.807, 2.05) is 23.1 Å². The van der Waals surface area contributed by atoms with Crippen LogP contribution in [0.15, 0.2) is 24.3 Å². The van der Waals surface area contributed by atoms with Crippen LogP contribution in [0.3, 0.4) is 0 Å². The summed E-state index contributed by atoms with van der Waals surface area (Å²) in [6.07, 6.45) is 0.439. The predicted molar refractivity (Wildman–Crippen MR) is 61.4 cm³/mol. The SMILES string of the molecule is CC(C(N)=O)N1CCC(=O)c2ccccc21. The molecule has 1 unspecified atom stereocenters. The average molecular weight is 218 g/mol. The maximum atomic E-state index is 11.7. The Morgan fingerprint density at radius 1 is 1.44 bits per heavy atom. The summed E-state index contributed by atoms with van der Waals surface area (Å²) in [6.45, 7) is 2.31. The summed E-state index contributed by atoms with van der Waals surface area (Å²) in [5, 5.41) is 0. The number of primary amides is 1. The summed E-state index contributed by atoms with van der Waals surface area (Å²) in [4.78, 5) is 24.8. The van der Waals surface area contributed by atoms with Gasteiger partial charge in [0, 0.05) is 24.2 Å². The van der Waals surface area contributed by atoms with Gasteiger partial charge in [-0.3, -0.25) is 9.59 Å². The number of carbonyl (C=O) groups is 2.